The zero-order valence-electron chi connectivity index (χ0n) is 19.5. The lowest BCUT2D eigenvalue weighted by molar-refractivity contribution is -0.153. The summed E-state index contributed by atoms with van der Waals surface area (Å²) in [5.74, 6) is -1.40. The van der Waals surface area contributed by atoms with E-state index in [2.05, 4.69) is 29.6 Å². The highest BCUT2D eigenvalue weighted by Gasteiger charge is 2.36. The van der Waals surface area contributed by atoms with E-state index in [-0.39, 0.29) is 18.4 Å². The van der Waals surface area contributed by atoms with E-state index in [4.69, 9.17) is 4.74 Å². The number of carboxylic acids is 1. The maximum absolute atomic E-state index is 13.2. The van der Waals surface area contributed by atoms with E-state index in [0.717, 1.165) is 47.9 Å². The summed E-state index contributed by atoms with van der Waals surface area (Å²) in [5, 5.41) is 12.3. The van der Waals surface area contributed by atoms with Crippen molar-refractivity contribution in [2.75, 3.05) is 13.2 Å². The van der Waals surface area contributed by atoms with Crippen LogP contribution < -0.4 is 5.32 Å². The van der Waals surface area contributed by atoms with Gasteiger partial charge in [0.25, 0.3) is 0 Å². The monoisotopic (exact) mass is 464 g/mol. The van der Waals surface area contributed by atoms with Gasteiger partial charge in [-0.3, -0.25) is 4.79 Å². The first-order valence-electron chi connectivity index (χ1n) is 12.2. The van der Waals surface area contributed by atoms with Gasteiger partial charge in [0.1, 0.15) is 18.7 Å². The number of carbonyl (C=O) groups excluding carboxylic acids is 2. The minimum atomic E-state index is -0.997. The average molecular weight is 465 g/mol. The molecule has 0 aromatic heterocycles. The van der Waals surface area contributed by atoms with E-state index in [1.165, 1.54) is 4.90 Å². The molecule has 0 saturated carbocycles. The highest BCUT2D eigenvalue weighted by atomic mass is 16.5. The van der Waals surface area contributed by atoms with E-state index in [1.807, 2.05) is 31.2 Å². The normalized spacial score (nSPS) is 18.0. The van der Waals surface area contributed by atoms with Gasteiger partial charge >= 0.3 is 12.1 Å². The van der Waals surface area contributed by atoms with Gasteiger partial charge in [-0.1, -0.05) is 68.3 Å². The Kier molecular flexibility index (Phi) is 7.50. The summed E-state index contributed by atoms with van der Waals surface area (Å²) in [4.78, 5) is 39.1. The maximum Gasteiger partial charge on any atom is 0.407 e. The molecule has 1 aliphatic carbocycles. The number of aliphatic carboxylic acids is 1. The van der Waals surface area contributed by atoms with Crippen molar-refractivity contribution in [1.82, 2.24) is 10.2 Å². The molecule has 1 unspecified atom stereocenters. The Bertz CT molecular complexity index is 1010. The summed E-state index contributed by atoms with van der Waals surface area (Å²) in [7, 11) is 0. The fourth-order valence-electron chi connectivity index (χ4n) is 5.10. The quantitative estimate of drug-likeness (QED) is 0.598. The molecule has 1 fully saturated rings. The van der Waals surface area contributed by atoms with Crippen molar-refractivity contribution in [1.29, 1.82) is 0 Å². The first-order valence-corrected chi connectivity index (χ1v) is 12.2. The zero-order chi connectivity index (χ0) is 24.1. The van der Waals surface area contributed by atoms with Gasteiger partial charge in [0.05, 0.1) is 0 Å². The lowest BCUT2D eigenvalue weighted by Crippen LogP contribution is -2.55. The Morgan fingerprint density at radius 3 is 2.32 bits per heavy atom. The summed E-state index contributed by atoms with van der Waals surface area (Å²) >= 11 is 0. The molecule has 34 heavy (non-hydrogen) atoms. The summed E-state index contributed by atoms with van der Waals surface area (Å²) in [5.41, 5.74) is 4.53. The van der Waals surface area contributed by atoms with E-state index in [0.29, 0.717) is 19.4 Å². The Hall–Kier alpha value is -3.35. The van der Waals surface area contributed by atoms with Gasteiger partial charge in [0, 0.05) is 12.5 Å². The number of hydrogen-bond donors (Lipinski definition) is 2. The van der Waals surface area contributed by atoms with E-state index < -0.39 is 24.1 Å². The molecule has 180 valence electrons. The van der Waals surface area contributed by atoms with Crippen LogP contribution in [-0.4, -0.2) is 53.2 Å². The number of piperidine rings is 1. The number of carboxylic acid groups (broad SMARTS) is 1. The van der Waals surface area contributed by atoms with Crippen LogP contribution in [0.2, 0.25) is 0 Å². The van der Waals surface area contributed by atoms with Gasteiger partial charge < -0.3 is 20.1 Å². The van der Waals surface area contributed by atoms with Gasteiger partial charge in [0.2, 0.25) is 5.91 Å². The van der Waals surface area contributed by atoms with Crippen LogP contribution in [-0.2, 0) is 14.3 Å². The average Bonchev–Trinajstić information content (AvgIpc) is 3.18. The number of likely N-dealkylation sites (tertiary alicyclic amines) is 1. The molecule has 2 aromatic carbocycles. The third-order valence-electron chi connectivity index (χ3n) is 6.85. The lowest BCUT2D eigenvalue weighted by Gasteiger charge is -2.35. The minimum Gasteiger partial charge on any atom is -0.480 e. The molecule has 2 aliphatic rings. The van der Waals surface area contributed by atoms with Gasteiger partial charge in [-0.15, -0.1) is 0 Å². The number of unbranched alkanes of at least 4 members (excludes halogenated alkanes) is 1. The van der Waals surface area contributed by atoms with Gasteiger partial charge in [-0.2, -0.15) is 0 Å². The van der Waals surface area contributed by atoms with Crippen molar-refractivity contribution in [3.63, 3.8) is 0 Å². The van der Waals surface area contributed by atoms with Crippen molar-refractivity contribution in [2.45, 2.75) is 63.5 Å². The fraction of sp³-hybridized carbons (Fsp3) is 0.444. The molecule has 1 heterocycles. The number of carbonyl (C=O) groups is 3. The Morgan fingerprint density at radius 2 is 1.71 bits per heavy atom. The molecule has 2 amide bonds. The SMILES string of the molecule is CCCC[C@H](NC(=O)OCC1c2ccccc2-c2ccccc21)C(=O)N1CCCCC1C(=O)O. The number of rotatable bonds is 8. The van der Waals surface area contributed by atoms with Crippen LogP contribution in [0.4, 0.5) is 4.79 Å². The molecule has 2 atom stereocenters. The molecule has 0 bridgehead atoms. The number of hydrogen-bond acceptors (Lipinski definition) is 4. The van der Waals surface area contributed by atoms with Crippen LogP contribution in [0.1, 0.15) is 62.5 Å². The largest absolute Gasteiger partial charge is 0.480 e. The topological polar surface area (TPSA) is 95.9 Å². The van der Waals surface area contributed by atoms with Crippen LogP contribution in [0.15, 0.2) is 48.5 Å². The molecule has 1 aliphatic heterocycles. The Morgan fingerprint density at radius 1 is 1.06 bits per heavy atom. The first-order chi connectivity index (χ1) is 16.5. The number of benzene rings is 2. The molecule has 0 spiro atoms. The van der Waals surface area contributed by atoms with Crippen molar-refractivity contribution in [3.05, 3.63) is 59.7 Å². The second-order valence-electron chi connectivity index (χ2n) is 9.05. The van der Waals surface area contributed by atoms with Crippen molar-refractivity contribution >= 4 is 18.0 Å². The van der Waals surface area contributed by atoms with Gasteiger partial charge in [-0.25, -0.2) is 9.59 Å². The molecule has 1 saturated heterocycles. The summed E-state index contributed by atoms with van der Waals surface area (Å²) in [6.07, 6.45) is 3.38. The minimum absolute atomic E-state index is 0.0681. The molecule has 2 N–H and O–H groups in total. The molecular formula is C27H32N2O5. The first kappa shape index (κ1) is 23.8. The molecule has 7 heteroatoms. The van der Waals surface area contributed by atoms with Crippen LogP contribution >= 0.6 is 0 Å². The number of nitrogens with one attached hydrogen (secondary N) is 1. The number of nitrogens with zero attached hydrogens (tertiary/aromatic N) is 1. The van der Waals surface area contributed by atoms with E-state index in [1.54, 1.807) is 0 Å². The Balaban J connectivity index is 1.44. The van der Waals surface area contributed by atoms with Crippen molar-refractivity contribution in [2.24, 2.45) is 0 Å². The highest BCUT2D eigenvalue weighted by Crippen LogP contribution is 2.44. The maximum atomic E-state index is 13.2. The smallest absolute Gasteiger partial charge is 0.407 e. The van der Waals surface area contributed by atoms with Crippen LogP contribution in [0.3, 0.4) is 0 Å². The number of ether oxygens (including phenoxy) is 1. The van der Waals surface area contributed by atoms with E-state index >= 15 is 0 Å². The number of alkyl carbamates (subject to hydrolysis) is 1. The van der Waals surface area contributed by atoms with Crippen molar-refractivity contribution in [3.8, 4) is 11.1 Å². The Labute approximate surface area is 200 Å². The molecule has 7 nitrogen and oxygen atoms in total. The lowest BCUT2D eigenvalue weighted by atomic mass is 9.98. The van der Waals surface area contributed by atoms with Crippen LogP contribution in [0.5, 0.6) is 0 Å². The number of fused-ring (bicyclic) bond motifs is 3. The van der Waals surface area contributed by atoms with Gasteiger partial charge in [-0.05, 0) is 47.9 Å². The predicted octanol–water partition coefficient (Wildman–Crippen LogP) is 4.55. The van der Waals surface area contributed by atoms with Crippen LogP contribution in [0, 0.1) is 0 Å². The molecular weight excluding hydrogens is 432 g/mol. The van der Waals surface area contributed by atoms with Crippen molar-refractivity contribution < 1.29 is 24.2 Å². The fourth-order valence-corrected chi connectivity index (χ4v) is 5.10. The van der Waals surface area contributed by atoms with Gasteiger partial charge in [0.15, 0.2) is 0 Å². The van der Waals surface area contributed by atoms with Crippen LogP contribution in [0.25, 0.3) is 11.1 Å². The summed E-state index contributed by atoms with van der Waals surface area (Å²) < 4.78 is 5.62. The molecule has 4 rings (SSSR count). The second kappa shape index (κ2) is 10.7. The number of amides is 2. The molecule has 0 radical (unpaired) electrons. The van der Waals surface area contributed by atoms with E-state index in [9.17, 15) is 19.5 Å². The summed E-state index contributed by atoms with van der Waals surface area (Å²) in [6, 6.07) is 14.6. The summed E-state index contributed by atoms with van der Waals surface area (Å²) in [6.45, 7) is 2.57. The third kappa shape index (κ3) is 4.93. The third-order valence-corrected chi connectivity index (χ3v) is 6.85. The molecule has 2 aromatic rings. The highest BCUT2D eigenvalue weighted by molar-refractivity contribution is 5.89. The zero-order valence-corrected chi connectivity index (χ0v) is 19.5. The standard InChI is InChI=1S/C27H32N2O5/c1-2-3-14-23(25(30)29-16-9-8-15-24(29)26(31)32)28-27(33)34-17-22-20-12-6-4-10-18(20)19-11-5-7-13-21(19)22/h4-7,10-13,22-24H,2-3,8-9,14-17H2,1H3,(H,28,33)(H,31,32)/t23-,24?/m0/s1. The predicted molar refractivity (Wildman–Crippen MR) is 129 cm³/mol. The second-order valence-corrected chi connectivity index (χ2v) is 9.05.